The topological polar surface area (TPSA) is 60.8 Å². The van der Waals surface area contributed by atoms with Gasteiger partial charge >= 0.3 is 7.12 Å². The molecule has 0 aromatic heterocycles. The van der Waals surface area contributed by atoms with Crippen LogP contribution in [0.15, 0.2) is 78.9 Å². The van der Waals surface area contributed by atoms with Gasteiger partial charge in [0.1, 0.15) is 0 Å². The molecule has 4 nitrogen and oxygen atoms in total. The van der Waals surface area contributed by atoms with E-state index in [1.165, 1.54) is 12.1 Å². The lowest BCUT2D eigenvalue weighted by atomic mass is 9.79. The Kier molecular flexibility index (Phi) is 5.73. The van der Waals surface area contributed by atoms with E-state index in [4.69, 9.17) is 11.6 Å². The molecule has 26 heavy (non-hydrogen) atoms. The molecule has 3 aromatic carbocycles. The third kappa shape index (κ3) is 4.14. The summed E-state index contributed by atoms with van der Waals surface area (Å²) in [6.45, 7) is 0.392. The third-order valence-electron chi connectivity index (χ3n) is 4.02. The smallest absolute Gasteiger partial charge is 0.423 e. The van der Waals surface area contributed by atoms with Gasteiger partial charge in [0.15, 0.2) is 0 Å². The monoisotopic (exact) mass is 365 g/mol. The Balaban J connectivity index is 1.99. The van der Waals surface area contributed by atoms with Crippen molar-refractivity contribution in [1.82, 2.24) is 0 Å². The second-order valence-electron chi connectivity index (χ2n) is 5.82. The molecule has 0 aliphatic rings. The van der Waals surface area contributed by atoms with E-state index in [9.17, 15) is 14.8 Å². The van der Waals surface area contributed by atoms with Crippen molar-refractivity contribution in [2.24, 2.45) is 0 Å². The number of carbonyl (C=O) groups excluding carboxylic acids is 1. The van der Waals surface area contributed by atoms with Crippen molar-refractivity contribution in [2.75, 3.05) is 4.90 Å². The summed E-state index contributed by atoms with van der Waals surface area (Å²) in [5, 5.41) is 19.1. The highest BCUT2D eigenvalue weighted by molar-refractivity contribution is 6.62. The largest absolute Gasteiger partial charge is 0.489 e. The molecule has 0 spiro atoms. The van der Waals surface area contributed by atoms with Gasteiger partial charge in [-0.05, 0) is 35.9 Å². The fourth-order valence-electron chi connectivity index (χ4n) is 2.68. The fraction of sp³-hybridized carbons (Fsp3) is 0.0500. The van der Waals surface area contributed by atoms with Crippen molar-refractivity contribution < 1.29 is 14.8 Å². The molecule has 0 bridgehead atoms. The van der Waals surface area contributed by atoms with Gasteiger partial charge in [-0.2, -0.15) is 0 Å². The number of rotatable bonds is 5. The van der Waals surface area contributed by atoms with Crippen molar-refractivity contribution in [3.05, 3.63) is 95.0 Å². The zero-order valence-corrected chi connectivity index (χ0v) is 14.7. The van der Waals surface area contributed by atoms with Gasteiger partial charge in [-0.25, -0.2) is 0 Å². The number of anilines is 1. The maximum Gasteiger partial charge on any atom is 0.489 e. The van der Waals surface area contributed by atoms with Gasteiger partial charge in [-0.15, -0.1) is 0 Å². The van der Waals surface area contributed by atoms with E-state index in [0.29, 0.717) is 12.1 Å². The average Bonchev–Trinajstić information content (AvgIpc) is 2.67. The van der Waals surface area contributed by atoms with E-state index in [2.05, 4.69) is 0 Å². The Morgan fingerprint density at radius 1 is 0.923 bits per heavy atom. The van der Waals surface area contributed by atoms with Crippen LogP contribution in [-0.2, 0) is 6.54 Å². The Hall–Kier alpha value is -2.60. The van der Waals surface area contributed by atoms with Crippen LogP contribution in [0.2, 0.25) is 5.02 Å². The Morgan fingerprint density at radius 2 is 1.54 bits per heavy atom. The molecule has 130 valence electrons. The van der Waals surface area contributed by atoms with Crippen LogP contribution in [-0.4, -0.2) is 23.1 Å². The van der Waals surface area contributed by atoms with Crippen LogP contribution in [0.4, 0.5) is 5.69 Å². The maximum atomic E-state index is 13.2. The number of amides is 1. The van der Waals surface area contributed by atoms with Gasteiger partial charge in [-0.3, -0.25) is 4.79 Å². The molecular weight excluding hydrogens is 348 g/mol. The summed E-state index contributed by atoms with van der Waals surface area (Å²) >= 11 is 5.98. The standard InChI is InChI=1S/C20H17BClNO3/c22-19-12-11-16(13-18(19)21(25)26)20(24)23(17-9-5-2-6-10-17)14-15-7-3-1-4-8-15/h1-13,25-26H,14H2. The number of carbonyl (C=O) groups is 1. The summed E-state index contributed by atoms with van der Waals surface area (Å²) in [4.78, 5) is 14.8. The van der Waals surface area contributed by atoms with Gasteiger partial charge < -0.3 is 14.9 Å². The highest BCUT2D eigenvalue weighted by atomic mass is 35.5. The normalized spacial score (nSPS) is 10.4. The molecule has 0 radical (unpaired) electrons. The molecule has 1 amide bonds. The molecule has 3 aromatic rings. The molecule has 0 saturated carbocycles. The maximum absolute atomic E-state index is 13.2. The minimum atomic E-state index is -1.74. The van der Waals surface area contributed by atoms with E-state index < -0.39 is 7.12 Å². The molecule has 0 fully saturated rings. The van der Waals surface area contributed by atoms with E-state index in [-0.39, 0.29) is 16.4 Å². The molecule has 6 heteroatoms. The SMILES string of the molecule is O=C(c1ccc(Cl)c(B(O)O)c1)N(Cc1ccccc1)c1ccccc1. The summed E-state index contributed by atoms with van der Waals surface area (Å²) in [7, 11) is -1.74. The van der Waals surface area contributed by atoms with Gasteiger partial charge in [0.2, 0.25) is 0 Å². The molecule has 0 atom stereocenters. The first kappa shape index (κ1) is 18.2. The van der Waals surface area contributed by atoms with E-state index in [1.54, 1.807) is 11.0 Å². The van der Waals surface area contributed by atoms with E-state index in [1.807, 2.05) is 60.7 Å². The molecular formula is C20H17BClNO3. The second-order valence-corrected chi connectivity index (χ2v) is 6.23. The Morgan fingerprint density at radius 3 is 2.15 bits per heavy atom. The second kappa shape index (κ2) is 8.19. The minimum absolute atomic E-state index is 0.102. The lowest BCUT2D eigenvalue weighted by Crippen LogP contribution is -2.34. The summed E-state index contributed by atoms with van der Waals surface area (Å²) in [6, 6.07) is 23.5. The highest BCUT2D eigenvalue weighted by Gasteiger charge is 2.22. The quantitative estimate of drug-likeness (QED) is 0.684. The number of para-hydroxylation sites is 1. The van der Waals surface area contributed by atoms with Crippen LogP contribution in [0, 0.1) is 0 Å². The first-order valence-corrected chi connectivity index (χ1v) is 8.50. The summed E-state index contributed by atoms with van der Waals surface area (Å²) in [5.41, 5.74) is 2.17. The molecule has 0 aliphatic carbocycles. The van der Waals surface area contributed by atoms with Crippen LogP contribution in [0.3, 0.4) is 0 Å². The first-order chi connectivity index (χ1) is 12.6. The number of benzene rings is 3. The van der Waals surface area contributed by atoms with E-state index in [0.717, 1.165) is 11.3 Å². The predicted molar refractivity (Wildman–Crippen MR) is 105 cm³/mol. The lowest BCUT2D eigenvalue weighted by molar-refractivity contribution is 0.0985. The molecule has 0 saturated heterocycles. The van der Waals surface area contributed by atoms with Gasteiger partial charge in [-0.1, -0.05) is 60.1 Å². The minimum Gasteiger partial charge on any atom is -0.423 e. The number of nitrogens with zero attached hydrogens (tertiary/aromatic N) is 1. The number of hydrogen-bond acceptors (Lipinski definition) is 3. The van der Waals surface area contributed by atoms with Crippen LogP contribution in [0.5, 0.6) is 0 Å². The Bertz CT molecular complexity index is 888. The zero-order chi connectivity index (χ0) is 18.5. The Labute approximate surface area is 157 Å². The zero-order valence-electron chi connectivity index (χ0n) is 13.9. The van der Waals surface area contributed by atoms with Crippen molar-refractivity contribution >= 4 is 35.8 Å². The molecule has 3 rings (SSSR count). The average molecular weight is 366 g/mol. The third-order valence-corrected chi connectivity index (χ3v) is 4.36. The van der Waals surface area contributed by atoms with Crippen molar-refractivity contribution in [3.63, 3.8) is 0 Å². The first-order valence-electron chi connectivity index (χ1n) is 8.12. The summed E-state index contributed by atoms with van der Waals surface area (Å²) in [6.07, 6.45) is 0. The lowest BCUT2D eigenvalue weighted by Gasteiger charge is -2.23. The van der Waals surface area contributed by atoms with Gasteiger partial charge in [0.25, 0.3) is 5.91 Å². The highest BCUT2D eigenvalue weighted by Crippen LogP contribution is 2.20. The fourth-order valence-corrected chi connectivity index (χ4v) is 2.90. The molecule has 0 aliphatic heterocycles. The van der Waals surface area contributed by atoms with E-state index >= 15 is 0 Å². The predicted octanol–water partition coefficient (Wildman–Crippen LogP) is 2.87. The number of hydrogen-bond donors (Lipinski definition) is 2. The van der Waals surface area contributed by atoms with Crippen LogP contribution in [0.25, 0.3) is 0 Å². The number of halogens is 1. The van der Waals surface area contributed by atoms with Crippen LogP contribution >= 0.6 is 11.6 Å². The van der Waals surface area contributed by atoms with Crippen LogP contribution in [0.1, 0.15) is 15.9 Å². The van der Waals surface area contributed by atoms with Crippen molar-refractivity contribution in [2.45, 2.75) is 6.54 Å². The van der Waals surface area contributed by atoms with Crippen molar-refractivity contribution in [3.8, 4) is 0 Å². The van der Waals surface area contributed by atoms with Gasteiger partial charge in [0, 0.05) is 21.7 Å². The molecule has 0 unspecified atom stereocenters. The summed E-state index contributed by atoms with van der Waals surface area (Å²) < 4.78 is 0. The van der Waals surface area contributed by atoms with Crippen molar-refractivity contribution in [1.29, 1.82) is 0 Å². The summed E-state index contributed by atoms with van der Waals surface area (Å²) in [5.74, 6) is -0.251. The molecule has 0 heterocycles. The van der Waals surface area contributed by atoms with Gasteiger partial charge in [0.05, 0.1) is 6.54 Å². The molecule has 2 N–H and O–H groups in total. The van der Waals surface area contributed by atoms with Crippen LogP contribution < -0.4 is 10.4 Å².